The summed E-state index contributed by atoms with van der Waals surface area (Å²) in [5.41, 5.74) is 0. The molecule has 3 nitrogen and oxygen atoms in total. The molecular weight excluding hydrogens is 199 g/mol. The quantitative estimate of drug-likeness (QED) is 0.762. The van der Waals surface area contributed by atoms with Gasteiger partial charge in [0.15, 0.2) is 5.92 Å². The molecule has 0 aromatic rings. The predicted octanol–water partition coefficient (Wildman–Crippen LogP) is 1.34. The van der Waals surface area contributed by atoms with Crippen molar-refractivity contribution in [2.45, 2.75) is 25.1 Å². The van der Waals surface area contributed by atoms with Gasteiger partial charge in [0.25, 0.3) is 0 Å². The minimum Gasteiger partial charge on any atom is -0.481 e. The Morgan fingerprint density at radius 2 is 2.07 bits per heavy atom. The van der Waals surface area contributed by atoms with Gasteiger partial charge in [0.2, 0.25) is 0 Å². The van der Waals surface area contributed by atoms with Crippen LogP contribution in [0.3, 0.4) is 0 Å². The Hall–Kier alpha value is -0.780. The van der Waals surface area contributed by atoms with Crippen molar-refractivity contribution in [2.75, 3.05) is 13.6 Å². The SMILES string of the molecule is CN(CC(C(=O)O)C(F)(F)F)C1CC1. The molecule has 0 spiro atoms. The molecule has 14 heavy (non-hydrogen) atoms. The fourth-order valence-corrected chi connectivity index (χ4v) is 1.27. The van der Waals surface area contributed by atoms with Crippen LogP contribution in [-0.4, -0.2) is 41.8 Å². The maximum absolute atomic E-state index is 12.2. The molecule has 1 aliphatic carbocycles. The summed E-state index contributed by atoms with van der Waals surface area (Å²) in [7, 11) is 1.53. The lowest BCUT2D eigenvalue weighted by Crippen LogP contribution is -2.40. The highest BCUT2D eigenvalue weighted by atomic mass is 19.4. The summed E-state index contributed by atoms with van der Waals surface area (Å²) in [6.45, 7) is -0.455. The predicted molar refractivity (Wildman–Crippen MR) is 42.8 cm³/mol. The third-order valence-electron chi connectivity index (χ3n) is 2.33. The molecule has 0 amide bonds. The molecule has 1 N–H and O–H groups in total. The standard InChI is InChI=1S/C8H12F3NO2/c1-12(5-2-3-5)4-6(7(13)14)8(9,10)11/h5-6H,2-4H2,1H3,(H,13,14). The summed E-state index contributed by atoms with van der Waals surface area (Å²) in [4.78, 5) is 11.8. The minimum absolute atomic E-state index is 0.138. The van der Waals surface area contributed by atoms with E-state index in [0.717, 1.165) is 12.8 Å². The van der Waals surface area contributed by atoms with E-state index in [4.69, 9.17) is 5.11 Å². The number of carboxylic acid groups (broad SMARTS) is 1. The summed E-state index contributed by atoms with van der Waals surface area (Å²) in [6, 6.07) is 0.138. The summed E-state index contributed by atoms with van der Waals surface area (Å²) in [6.07, 6.45) is -2.93. The third kappa shape index (κ3) is 2.87. The van der Waals surface area contributed by atoms with Crippen molar-refractivity contribution in [3.05, 3.63) is 0 Å². The number of hydrogen-bond donors (Lipinski definition) is 1. The van der Waals surface area contributed by atoms with E-state index in [1.54, 1.807) is 0 Å². The number of carboxylic acids is 1. The molecule has 1 aliphatic rings. The third-order valence-corrected chi connectivity index (χ3v) is 2.33. The van der Waals surface area contributed by atoms with E-state index in [1.165, 1.54) is 11.9 Å². The second-order valence-corrected chi connectivity index (χ2v) is 3.60. The van der Waals surface area contributed by atoms with Crippen LogP contribution < -0.4 is 0 Å². The van der Waals surface area contributed by atoms with Crippen LogP contribution in [0.2, 0.25) is 0 Å². The topological polar surface area (TPSA) is 40.5 Å². The smallest absolute Gasteiger partial charge is 0.403 e. The first kappa shape index (κ1) is 11.3. The summed E-state index contributed by atoms with van der Waals surface area (Å²) < 4.78 is 36.6. The molecule has 1 rings (SSSR count). The lowest BCUT2D eigenvalue weighted by Gasteiger charge is -2.22. The Balaban J connectivity index is 2.54. The van der Waals surface area contributed by atoms with Crippen LogP contribution in [0.5, 0.6) is 0 Å². The van der Waals surface area contributed by atoms with Gasteiger partial charge in [-0.15, -0.1) is 0 Å². The van der Waals surface area contributed by atoms with Gasteiger partial charge < -0.3 is 10.0 Å². The maximum atomic E-state index is 12.2. The van der Waals surface area contributed by atoms with Crippen molar-refractivity contribution in [2.24, 2.45) is 5.92 Å². The zero-order chi connectivity index (χ0) is 10.9. The van der Waals surface area contributed by atoms with E-state index in [0.29, 0.717) is 0 Å². The normalized spacial score (nSPS) is 19.8. The van der Waals surface area contributed by atoms with E-state index < -0.39 is 24.6 Å². The van der Waals surface area contributed by atoms with Crippen LogP contribution in [-0.2, 0) is 4.79 Å². The molecule has 0 aromatic carbocycles. The number of rotatable bonds is 4. The van der Waals surface area contributed by atoms with Crippen molar-refractivity contribution in [1.29, 1.82) is 0 Å². The van der Waals surface area contributed by atoms with Gasteiger partial charge >= 0.3 is 12.1 Å². The second-order valence-electron chi connectivity index (χ2n) is 3.60. The minimum atomic E-state index is -4.66. The zero-order valence-corrected chi connectivity index (χ0v) is 7.71. The Bertz CT molecular complexity index is 225. The van der Waals surface area contributed by atoms with E-state index >= 15 is 0 Å². The van der Waals surface area contributed by atoms with Crippen LogP contribution in [0.15, 0.2) is 0 Å². The van der Waals surface area contributed by atoms with Gasteiger partial charge in [0, 0.05) is 12.6 Å². The largest absolute Gasteiger partial charge is 0.481 e. The van der Waals surface area contributed by atoms with E-state index in [9.17, 15) is 18.0 Å². The van der Waals surface area contributed by atoms with E-state index in [2.05, 4.69) is 0 Å². The Kier molecular flexibility index (Phi) is 3.04. The summed E-state index contributed by atoms with van der Waals surface area (Å²) >= 11 is 0. The van der Waals surface area contributed by atoms with Gasteiger partial charge in [-0.2, -0.15) is 13.2 Å². The number of hydrogen-bond acceptors (Lipinski definition) is 2. The van der Waals surface area contributed by atoms with Crippen molar-refractivity contribution in [3.8, 4) is 0 Å². The van der Waals surface area contributed by atoms with Gasteiger partial charge in [-0.05, 0) is 19.9 Å². The van der Waals surface area contributed by atoms with Gasteiger partial charge in [0.1, 0.15) is 0 Å². The monoisotopic (exact) mass is 211 g/mol. The van der Waals surface area contributed by atoms with Crippen molar-refractivity contribution in [3.63, 3.8) is 0 Å². The van der Waals surface area contributed by atoms with E-state index in [1.807, 2.05) is 0 Å². The second kappa shape index (κ2) is 3.76. The fraction of sp³-hybridized carbons (Fsp3) is 0.875. The molecule has 6 heteroatoms. The number of aliphatic carboxylic acids is 1. The number of carbonyl (C=O) groups is 1. The van der Waals surface area contributed by atoms with Gasteiger partial charge in [-0.25, -0.2) is 0 Å². The number of nitrogens with zero attached hydrogens (tertiary/aromatic N) is 1. The molecule has 0 heterocycles. The average Bonchev–Trinajstić information content (AvgIpc) is 2.78. The highest BCUT2D eigenvalue weighted by molar-refractivity contribution is 5.71. The van der Waals surface area contributed by atoms with Gasteiger partial charge in [-0.3, -0.25) is 4.79 Å². The molecule has 82 valence electrons. The first-order chi connectivity index (χ1) is 6.32. The Morgan fingerprint density at radius 3 is 2.36 bits per heavy atom. The molecule has 1 saturated carbocycles. The van der Waals surface area contributed by atoms with Crippen molar-refractivity contribution in [1.82, 2.24) is 4.90 Å². The number of halogens is 3. The highest BCUT2D eigenvalue weighted by Crippen LogP contribution is 2.31. The molecular formula is C8H12F3NO2. The van der Waals surface area contributed by atoms with Crippen LogP contribution in [0.25, 0.3) is 0 Å². The summed E-state index contributed by atoms with van der Waals surface area (Å²) in [5.74, 6) is -4.07. The molecule has 0 aliphatic heterocycles. The average molecular weight is 211 g/mol. The zero-order valence-electron chi connectivity index (χ0n) is 7.71. The summed E-state index contributed by atoms with van der Waals surface area (Å²) in [5, 5.41) is 8.41. The van der Waals surface area contributed by atoms with Crippen LogP contribution in [0, 0.1) is 5.92 Å². The molecule has 1 fully saturated rings. The highest BCUT2D eigenvalue weighted by Gasteiger charge is 2.46. The molecule has 0 aromatic heterocycles. The van der Waals surface area contributed by atoms with Gasteiger partial charge in [0.05, 0.1) is 0 Å². The van der Waals surface area contributed by atoms with Crippen molar-refractivity contribution >= 4 is 5.97 Å². The lowest BCUT2D eigenvalue weighted by atomic mass is 10.1. The fourth-order valence-electron chi connectivity index (χ4n) is 1.27. The molecule has 0 radical (unpaired) electrons. The lowest BCUT2D eigenvalue weighted by molar-refractivity contribution is -0.196. The first-order valence-corrected chi connectivity index (χ1v) is 4.32. The first-order valence-electron chi connectivity index (χ1n) is 4.32. The van der Waals surface area contributed by atoms with Crippen LogP contribution in [0.1, 0.15) is 12.8 Å². The number of alkyl halides is 3. The van der Waals surface area contributed by atoms with Gasteiger partial charge in [-0.1, -0.05) is 0 Å². The Morgan fingerprint density at radius 1 is 1.57 bits per heavy atom. The molecule has 0 saturated heterocycles. The van der Waals surface area contributed by atoms with Crippen molar-refractivity contribution < 1.29 is 23.1 Å². The molecule has 1 atom stereocenters. The molecule has 1 unspecified atom stereocenters. The maximum Gasteiger partial charge on any atom is 0.403 e. The van der Waals surface area contributed by atoms with Crippen LogP contribution >= 0.6 is 0 Å². The molecule has 0 bridgehead atoms. The van der Waals surface area contributed by atoms with Crippen LogP contribution in [0.4, 0.5) is 13.2 Å². The van der Waals surface area contributed by atoms with E-state index in [-0.39, 0.29) is 6.04 Å². The Labute approximate surface area is 79.5 Å².